The number of sulfonamides is 2. The molecule has 0 aliphatic rings. The SMILES string of the molecule is O=S(=O)(c1ccccc1)N(/C=C/c1ccc(F)cc1)S(=O)(=O)c1ccccc1. The third-order valence-corrected chi connectivity index (χ3v) is 7.92. The molecule has 8 heteroatoms. The minimum Gasteiger partial charge on any atom is -0.207 e. The standard InChI is InChI=1S/C20H16FNO4S2/c21-18-13-11-17(12-14-18)15-16-22(27(23,24)19-7-3-1-4-8-19)28(25,26)20-9-5-2-6-10-20/h1-16H/b16-15+. The van der Waals surface area contributed by atoms with Gasteiger partial charge in [0.2, 0.25) is 0 Å². The van der Waals surface area contributed by atoms with Crippen LogP contribution in [0.2, 0.25) is 0 Å². The Morgan fingerprint density at radius 1 is 0.643 bits per heavy atom. The fraction of sp³-hybridized carbons (Fsp3) is 0. The highest BCUT2D eigenvalue weighted by molar-refractivity contribution is 8.04. The minimum atomic E-state index is -4.40. The van der Waals surface area contributed by atoms with E-state index in [1.54, 1.807) is 12.1 Å². The first-order chi connectivity index (χ1) is 13.3. The molecular formula is C20H16FNO4S2. The first kappa shape index (κ1) is 19.8. The van der Waals surface area contributed by atoms with Gasteiger partial charge in [-0.1, -0.05) is 48.5 Å². The number of rotatable bonds is 6. The second-order valence-corrected chi connectivity index (χ2v) is 9.59. The molecule has 0 aliphatic carbocycles. The lowest BCUT2D eigenvalue weighted by Gasteiger charge is -2.20. The van der Waals surface area contributed by atoms with Crippen molar-refractivity contribution < 1.29 is 21.2 Å². The van der Waals surface area contributed by atoms with Crippen LogP contribution in [0.5, 0.6) is 0 Å². The van der Waals surface area contributed by atoms with E-state index in [4.69, 9.17) is 0 Å². The van der Waals surface area contributed by atoms with Gasteiger partial charge in [-0.25, -0.2) is 21.2 Å². The molecule has 0 unspecified atom stereocenters. The Balaban J connectivity index is 2.13. The molecule has 0 aliphatic heterocycles. The lowest BCUT2D eigenvalue weighted by molar-refractivity contribution is 0.537. The van der Waals surface area contributed by atoms with Crippen molar-refractivity contribution in [2.45, 2.75) is 9.79 Å². The van der Waals surface area contributed by atoms with E-state index in [0.29, 0.717) is 9.27 Å². The van der Waals surface area contributed by atoms with Gasteiger partial charge in [0, 0.05) is 6.20 Å². The molecule has 0 amide bonds. The molecule has 0 aromatic heterocycles. The monoisotopic (exact) mass is 417 g/mol. The Bertz CT molecular complexity index is 1110. The smallest absolute Gasteiger partial charge is 0.207 e. The van der Waals surface area contributed by atoms with E-state index < -0.39 is 25.9 Å². The molecule has 0 radical (unpaired) electrons. The number of hydrogen-bond acceptors (Lipinski definition) is 4. The molecule has 0 spiro atoms. The summed E-state index contributed by atoms with van der Waals surface area (Å²) < 4.78 is 65.7. The highest BCUT2D eigenvalue weighted by Crippen LogP contribution is 2.25. The predicted molar refractivity (Wildman–Crippen MR) is 105 cm³/mol. The Morgan fingerprint density at radius 2 is 1.07 bits per heavy atom. The zero-order valence-electron chi connectivity index (χ0n) is 14.5. The zero-order valence-corrected chi connectivity index (χ0v) is 16.1. The molecular weight excluding hydrogens is 401 g/mol. The summed E-state index contributed by atoms with van der Waals surface area (Å²) in [6.45, 7) is 0. The van der Waals surface area contributed by atoms with Gasteiger partial charge in [-0.3, -0.25) is 0 Å². The van der Waals surface area contributed by atoms with Crippen LogP contribution < -0.4 is 0 Å². The third-order valence-electron chi connectivity index (χ3n) is 3.81. The molecule has 0 atom stereocenters. The molecule has 0 bridgehead atoms. The van der Waals surface area contributed by atoms with E-state index in [1.165, 1.54) is 78.9 Å². The van der Waals surface area contributed by atoms with Gasteiger partial charge in [0.05, 0.1) is 9.79 Å². The van der Waals surface area contributed by atoms with Crippen molar-refractivity contribution in [2.24, 2.45) is 0 Å². The molecule has 3 rings (SSSR count). The lowest BCUT2D eigenvalue weighted by atomic mass is 10.2. The molecule has 3 aromatic rings. The van der Waals surface area contributed by atoms with Crippen LogP contribution in [0.4, 0.5) is 4.39 Å². The maximum Gasteiger partial charge on any atom is 0.277 e. The van der Waals surface area contributed by atoms with Gasteiger partial charge in [0.1, 0.15) is 5.82 Å². The predicted octanol–water partition coefficient (Wildman–Crippen LogP) is 3.88. The fourth-order valence-corrected chi connectivity index (χ4v) is 5.81. The Hall–Kier alpha value is -2.97. The number of benzene rings is 3. The van der Waals surface area contributed by atoms with Crippen molar-refractivity contribution in [3.8, 4) is 0 Å². The summed E-state index contributed by atoms with van der Waals surface area (Å²) in [7, 11) is -8.80. The van der Waals surface area contributed by atoms with E-state index in [-0.39, 0.29) is 9.79 Å². The first-order valence-electron chi connectivity index (χ1n) is 8.15. The normalized spacial score (nSPS) is 12.2. The fourth-order valence-electron chi connectivity index (χ4n) is 2.40. The summed E-state index contributed by atoms with van der Waals surface area (Å²) in [5, 5.41) is 0. The molecule has 144 valence electrons. The van der Waals surface area contributed by atoms with Crippen molar-refractivity contribution >= 4 is 26.1 Å². The molecule has 28 heavy (non-hydrogen) atoms. The Morgan fingerprint density at radius 3 is 1.50 bits per heavy atom. The average Bonchev–Trinajstić information content (AvgIpc) is 2.70. The first-order valence-corrected chi connectivity index (χ1v) is 11.0. The Kier molecular flexibility index (Phi) is 5.62. The highest BCUT2D eigenvalue weighted by atomic mass is 32.3. The van der Waals surface area contributed by atoms with Crippen molar-refractivity contribution in [3.63, 3.8) is 0 Å². The van der Waals surface area contributed by atoms with Crippen LogP contribution in [0.25, 0.3) is 6.08 Å². The van der Waals surface area contributed by atoms with Crippen LogP contribution in [0, 0.1) is 5.82 Å². The molecule has 5 nitrogen and oxygen atoms in total. The van der Waals surface area contributed by atoms with Crippen LogP contribution >= 0.6 is 0 Å². The van der Waals surface area contributed by atoms with E-state index >= 15 is 0 Å². The summed E-state index contributed by atoms with van der Waals surface area (Å²) in [4.78, 5) is -0.337. The van der Waals surface area contributed by atoms with E-state index in [0.717, 1.165) is 6.20 Å². The van der Waals surface area contributed by atoms with Crippen LogP contribution in [0.3, 0.4) is 0 Å². The van der Waals surface area contributed by atoms with E-state index in [1.807, 2.05) is 0 Å². The Labute approximate surface area is 163 Å². The summed E-state index contributed by atoms with van der Waals surface area (Å²) >= 11 is 0. The van der Waals surface area contributed by atoms with Gasteiger partial charge in [-0.05, 0) is 48.0 Å². The molecule has 0 saturated heterocycles. The van der Waals surface area contributed by atoms with Crippen molar-refractivity contribution in [2.75, 3.05) is 0 Å². The van der Waals surface area contributed by atoms with E-state index in [9.17, 15) is 21.2 Å². The third kappa shape index (κ3) is 4.13. The minimum absolute atomic E-state index is 0.168. The van der Waals surface area contributed by atoms with Crippen molar-refractivity contribution in [3.05, 3.63) is 103 Å². The molecule has 0 saturated carbocycles. The van der Waals surface area contributed by atoms with Gasteiger partial charge in [0.15, 0.2) is 0 Å². The molecule has 0 heterocycles. The van der Waals surface area contributed by atoms with Crippen LogP contribution in [0.15, 0.2) is 101 Å². The van der Waals surface area contributed by atoms with E-state index in [2.05, 4.69) is 0 Å². The average molecular weight is 417 g/mol. The van der Waals surface area contributed by atoms with Gasteiger partial charge in [-0.15, -0.1) is 0 Å². The van der Waals surface area contributed by atoms with Crippen LogP contribution in [0.1, 0.15) is 5.56 Å². The maximum absolute atomic E-state index is 13.1. The van der Waals surface area contributed by atoms with Gasteiger partial charge in [0.25, 0.3) is 20.0 Å². The molecule has 3 aromatic carbocycles. The number of nitrogens with zero attached hydrogens (tertiary/aromatic N) is 1. The summed E-state index contributed by atoms with van der Waals surface area (Å²) in [6, 6.07) is 19.7. The second-order valence-electron chi connectivity index (χ2n) is 5.73. The zero-order chi connectivity index (χ0) is 20.2. The topological polar surface area (TPSA) is 71.5 Å². The lowest BCUT2D eigenvalue weighted by Crippen LogP contribution is -2.32. The van der Waals surface area contributed by atoms with Crippen LogP contribution in [-0.4, -0.2) is 20.5 Å². The summed E-state index contributed by atoms with van der Waals surface area (Å²) in [5.41, 5.74) is 0.443. The summed E-state index contributed by atoms with van der Waals surface area (Å²) in [6.07, 6.45) is 2.25. The molecule has 0 fully saturated rings. The summed E-state index contributed by atoms with van der Waals surface area (Å²) in [5.74, 6) is -0.456. The number of halogens is 1. The van der Waals surface area contributed by atoms with Crippen molar-refractivity contribution in [1.82, 2.24) is 3.71 Å². The van der Waals surface area contributed by atoms with Gasteiger partial charge < -0.3 is 0 Å². The number of hydrogen-bond donors (Lipinski definition) is 0. The molecule has 0 N–H and O–H groups in total. The van der Waals surface area contributed by atoms with Gasteiger partial charge in [-0.2, -0.15) is 3.71 Å². The van der Waals surface area contributed by atoms with Crippen LogP contribution in [-0.2, 0) is 20.0 Å². The highest BCUT2D eigenvalue weighted by Gasteiger charge is 2.33. The second kappa shape index (κ2) is 7.95. The van der Waals surface area contributed by atoms with Crippen molar-refractivity contribution in [1.29, 1.82) is 0 Å². The maximum atomic E-state index is 13.1. The largest absolute Gasteiger partial charge is 0.277 e. The quantitative estimate of drug-likeness (QED) is 0.610. The van der Waals surface area contributed by atoms with Gasteiger partial charge >= 0.3 is 0 Å².